The monoisotopic (exact) mass is 210 g/mol. The lowest BCUT2D eigenvalue weighted by Gasteiger charge is -2.21. The maximum absolute atomic E-state index is 10.9. The number of hydrogen-bond donors (Lipinski definition) is 0. The average Bonchev–Trinajstić information content (AvgIpc) is 2.42. The Morgan fingerprint density at radius 1 is 1.67 bits per heavy atom. The van der Waals surface area contributed by atoms with E-state index >= 15 is 0 Å². The lowest BCUT2D eigenvalue weighted by molar-refractivity contribution is -0.148. The van der Waals surface area contributed by atoms with Gasteiger partial charge < -0.3 is 9.53 Å². The van der Waals surface area contributed by atoms with E-state index in [0.717, 1.165) is 18.3 Å². The van der Waals surface area contributed by atoms with E-state index in [1.54, 1.807) is 0 Å². The van der Waals surface area contributed by atoms with Crippen molar-refractivity contribution in [1.82, 2.24) is 0 Å². The number of aldehydes is 1. The molecule has 15 heavy (non-hydrogen) atoms. The van der Waals surface area contributed by atoms with E-state index < -0.39 is 0 Å². The quantitative estimate of drug-likeness (QED) is 0.405. The van der Waals surface area contributed by atoms with Crippen molar-refractivity contribution >= 4 is 12.3 Å². The van der Waals surface area contributed by atoms with Gasteiger partial charge in [0.15, 0.2) is 0 Å². The van der Waals surface area contributed by atoms with E-state index in [-0.39, 0.29) is 18.0 Å². The summed E-state index contributed by atoms with van der Waals surface area (Å²) in [6, 6.07) is 0. The van der Waals surface area contributed by atoms with E-state index in [2.05, 4.69) is 13.5 Å². The minimum Gasteiger partial charge on any atom is -0.462 e. The molecule has 0 N–H and O–H groups in total. The Hall–Kier alpha value is -1.12. The number of ether oxygens (including phenoxy) is 1. The number of rotatable bonds is 4. The van der Waals surface area contributed by atoms with Gasteiger partial charge >= 0.3 is 5.97 Å². The van der Waals surface area contributed by atoms with Crippen LogP contribution in [0, 0.1) is 11.8 Å². The second-order valence-electron chi connectivity index (χ2n) is 4.09. The molecule has 0 radical (unpaired) electrons. The SMILES string of the molecule is C=C1C[C@@H](OC(C)=O)C(CC=O)C1CC. The molecule has 3 atom stereocenters. The van der Waals surface area contributed by atoms with Gasteiger partial charge in [0.25, 0.3) is 0 Å². The Bertz CT molecular complexity index is 270. The van der Waals surface area contributed by atoms with Gasteiger partial charge in [-0.25, -0.2) is 0 Å². The minimum absolute atomic E-state index is 0.129. The molecule has 0 aromatic heterocycles. The molecule has 1 rings (SSSR count). The summed E-state index contributed by atoms with van der Waals surface area (Å²) in [5.41, 5.74) is 1.11. The maximum Gasteiger partial charge on any atom is 0.302 e. The zero-order valence-electron chi connectivity index (χ0n) is 9.36. The molecule has 0 aliphatic heterocycles. The summed E-state index contributed by atoms with van der Waals surface area (Å²) in [6.07, 6.45) is 2.87. The topological polar surface area (TPSA) is 43.4 Å². The third-order valence-electron chi connectivity index (χ3n) is 3.11. The van der Waals surface area contributed by atoms with E-state index in [4.69, 9.17) is 4.74 Å². The van der Waals surface area contributed by atoms with Crippen molar-refractivity contribution in [3.8, 4) is 0 Å². The van der Waals surface area contributed by atoms with Gasteiger partial charge in [0.05, 0.1) is 0 Å². The van der Waals surface area contributed by atoms with Crippen LogP contribution >= 0.6 is 0 Å². The largest absolute Gasteiger partial charge is 0.462 e. The van der Waals surface area contributed by atoms with E-state index in [1.807, 2.05) is 0 Å². The van der Waals surface area contributed by atoms with Gasteiger partial charge in [0.1, 0.15) is 12.4 Å². The van der Waals surface area contributed by atoms with Crippen LogP contribution in [0.25, 0.3) is 0 Å². The van der Waals surface area contributed by atoms with Crippen LogP contribution in [0.15, 0.2) is 12.2 Å². The first-order chi connectivity index (χ1) is 7.10. The zero-order valence-corrected chi connectivity index (χ0v) is 9.36. The highest BCUT2D eigenvalue weighted by Gasteiger charge is 2.39. The van der Waals surface area contributed by atoms with Crippen LogP contribution in [0.5, 0.6) is 0 Å². The highest BCUT2D eigenvalue weighted by molar-refractivity contribution is 5.66. The molecular formula is C12H18O3. The smallest absolute Gasteiger partial charge is 0.302 e. The molecule has 0 heterocycles. The predicted molar refractivity (Wildman–Crippen MR) is 57.3 cm³/mol. The maximum atomic E-state index is 10.9. The summed E-state index contributed by atoms with van der Waals surface area (Å²) < 4.78 is 5.22. The Balaban J connectivity index is 2.74. The standard InChI is InChI=1S/C12H18O3/c1-4-10-8(2)7-12(15-9(3)14)11(10)5-6-13/h6,10-12H,2,4-5,7H2,1,3H3/t10?,11?,12-/m1/s1. The molecule has 3 heteroatoms. The van der Waals surface area contributed by atoms with Crippen LogP contribution in [-0.4, -0.2) is 18.4 Å². The molecule has 1 fully saturated rings. The van der Waals surface area contributed by atoms with Gasteiger partial charge in [-0.1, -0.05) is 19.1 Å². The number of carbonyl (C=O) groups is 2. The van der Waals surface area contributed by atoms with Crippen molar-refractivity contribution in [2.24, 2.45) is 11.8 Å². The fourth-order valence-corrected chi connectivity index (χ4v) is 2.48. The molecule has 84 valence electrons. The summed E-state index contributed by atoms with van der Waals surface area (Å²) in [5.74, 6) is 0.170. The minimum atomic E-state index is -0.277. The summed E-state index contributed by atoms with van der Waals surface area (Å²) >= 11 is 0. The summed E-state index contributed by atoms with van der Waals surface area (Å²) in [4.78, 5) is 21.5. The summed E-state index contributed by atoms with van der Waals surface area (Å²) in [7, 11) is 0. The normalized spacial score (nSPS) is 30.3. The lowest BCUT2D eigenvalue weighted by atomic mass is 9.88. The van der Waals surface area contributed by atoms with Crippen LogP contribution in [0.2, 0.25) is 0 Å². The number of hydrogen-bond acceptors (Lipinski definition) is 3. The van der Waals surface area contributed by atoms with Gasteiger partial charge in [0, 0.05) is 25.7 Å². The van der Waals surface area contributed by atoms with Crippen molar-refractivity contribution in [2.75, 3.05) is 0 Å². The fourth-order valence-electron chi connectivity index (χ4n) is 2.48. The van der Waals surface area contributed by atoms with Gasteiger partial charge in [-0.15, -0.1) is 0 Å². The van der Waals surface area contributed by atoms with Crippen molar-refractivity contribution in [2.45, 2.75) is 39.2 Å². The second kappa shape index (κ2) is 5.10. The van der Waals surface area contributed by atoms with Crippen molar-refractivity contribution in [1.29, 1.82) is 0 Å². The summed E-state index contributed by atoms with van der Waals surface area (Å²) in [6.45, 7) is 7.47. The molecule has 2 unspecified atom stereocenters. The van der Waals surface area contributed by atoms with E-state index in [0.29, 0.717) is 18.8 Å². The Morgan fingerprint density at radius 2 is 2.33 bits per heavy atom. The third kappa shape index (κ3) is 2.67. The second-order valence-corrected chi connectivity index (χ2v) is 4.09. The highest BCUT2D eigenvalue weighted by Crippen LogP contribution is 2.41. The van der Waals surface area contributed by atoms with Gasteiger partial charge in [-0.05, 0) is 12.3 Å². The first kappa shape index (κ1) is 12.0. The van der Waals surface area contributed by atoms with Crippen LogP contribution < -0.4 is 0 Å². The molecule has 0 bridgehead atoms. The molecule has 1 aliphatic carbocycles. The van der Waals surface area contributed by atoms with Crippen molar-refractivity contribution in [3.63, 3.8) is 0 Å². The number of esters is 1. The van der Waals surface area contributed by atoms with Crippen LogP contribution in [0.4, 0.5) is 0 Å². The highest BCUT2D eigenvalue weighted by atomic mass is 16.5. The molecule has 0 saturated heterocycles. The van der Waals surface area contributed by atoms with Crippen molar-refractivity contribution in [3.05, 3.63) is 12.2 Å². The third-order valence-corrected chi connectivity index (χ3v) is 3.11. The summed E-state index contributed by atoms with van der Waals surface area (Å²) in [5, 5.41) is 0. The molecular weight excluding hydrogens is 192 g/mol. The van der Waals surface area contributed by atoms with E-state index in [9.17, 15) is 9.59 Å². The van der Waals surface area contributed by atoms with Crippen LogP contribution in [0.3, 0.4) is 0 Å². The van der Waals surface area contributed by atoms with Crippen LogP contribution in [0.1, 0.15) is 33.1 Å². The molecule has 1 saturated carbocycles. The molecule has 1 aliphatic rings. The van der Waals surface area contributed by atoms with Crippen molar-refractivity contribution < 1.29 is 14.3 Å². The Labute approximate surface area is 90.5 Å². The first-order valence-corrected chi connectivity index (χ1v) is 5.38. The Kier molecular flexibility index (Phi) is 4.06. The Morgan fingerprint density at radius 3 is 2.80 bits per heavy atom. The average molecular weight is 210 g/mol. The van der Waals surface area contributed by atoms with Gasteiger partial charge in [-0.3, -0.25) is 4.79 Å². The fraction of sp³-hybridized carbons (Fsp3) is 0.667. The molecule has 0 aromatic rings. The molecule has 0 spiro atoms. The van der Waals surface area contributed by atoms with Crippen LogP contribution in [-0.2, 0) is 14.3 Å². The molecule has 3 nitrogen and oxygen atoms in total. The van der Waals surface area contributed by atoms with E-state index in [1.165, 1.54) is 6.92 Å². The van der Waals surface area contributed by atoms with Gasteiger partial charge in [0.2, 0.25) is 0 Å². The zero-order chi connectivity index (χ0) is 11.4. The number of carbonyl (C=O) groups excluding carboxylic acids is 2. The predicted octanol–water partition coefficient (Wildman–Crippen LogP) is 2.11. The molecule has 0 aromatic carbocycles. The van der Waals surface area contributed by atoms with Gasteiger partial charge in [-0.2, -0.15) is 0 Å². The molecule has 0 amide bonds. The lowest BCUT2D eigenvalue weighted by Crippen LogP contribution is -2.24. The first-order valence-electron chi connectivity index (χ1n) is 5.38.